The quantitative estimate of drug-likeness (QED) is 0.262. The van der Waals surface area contributed by atoms with E-state index in [9.17, 15) is 19.2 Å². The molecule has 1 aliphatic heterocycles. The zero-order chi connectivity index (χ0) is 31.2. The molecule has 3 amide bonds. The van der Waals surface area contributed by atoms with Crippen LogP contribution in [-0.2, 0) is 23.9 Å². The van der Waals surface area contributed by atoms with Gasteiger partial charge in [0.2, 0.25) is 11.8 Å². The molecule has 9 nitrogen and oxygen atoms in total. The molecule has 42 heavy (non-hydrogen) atoms. The number of nitrogens with zero attached hydrogens (tertiary/aromatic N) is 1. The molecule has 0 bridgehead atoms. The van der Waals surface area contributed by atoms with Gasteiger partial charge in [0.1, 0.15) is 11.2 Å². The van der Waals surface area contributed by atoms with Gasteiger partial charge in [-0.25, -0.2) is 4.79 Å². The van der Waals surface area contributed by atoms with Crippen LogP contribution in [0.1, 0.15) is 66.4 Å². The van der Waals surface area contributed by atoms with E-state index in [0.717, 1.165) is 10.1 Å². The van der Waals surface area contributed by atoms with Crippen molar-refractivity contribution in [2.24, 2.45) is 5.92 Å². The summed E-state index contributed by atoms with van der Waals surface area (Å²) in [4.78, 5) is 52.5. The Morgan fingerprint density at radius 1 is 1.05 bits per heavy atom. The highest BCUT2D eigenvalue weighted by Crippen LogP contribution is 2.37. The van der Waals surface area contributed by atoms with Crippen LogP contribution in [0.4, 0.5) is 4.79 Å². The summed E-state index contributed by atoms with van der Waals surface area (Å²) in [6.07, 6.45) is 3.34. The highest BCUT2D eigenvalue weighted by atomic mass is 35.5. The topological polar surface area (TPSA) is 114 Å². The lowest BCUT2D eigenvalue weighted by Gasteiger charge is -2.32. The number of fused-ring (bicyclic) bond motifs is 1. The number of hydrogen-bond donors (Lipinski definition) is 2. The average Bonchev–Trinajstić information content (AvgIpc) is 3.34. The number of benzene rings is 1. The minimum Gasteiger partial charge on any atom is -0.460 e. The molecule has 2 N–H and O–H groups in total. The number of esters is 1. The highest BCUT2D eigenvalue weighted by Gasteiger charge is 2.30. The van der Waals surface area contributed by atoms with Gasteiger partial charge in [0.15, 0.2) is 0 Å². The molecule has 230 valence electrons. The van der Waals surface area contributed by atoms with Crippen LogP contribution in [0, 0.1) is 5.92 Å². The number of rotatable bonds is 8. The number of amides is 3. The van der Waals surface area contributed by atoms with E-state index in [2.05, 4.69) is 10.6 Å². The SMILES string of the molecule is CC(C)(C)OC(=O)CC(CNC(=O)OC(C)(C)C)C(=O)NC1CCN(C(=O)/C=C/c2cc3ccsc3c(Cl)c2Cl)CC1. The molecule has 0 spiro atoms. The number of halogens is 2. The van der Waals surface area contributed by atoms with Crippen molar-refractivity contribution in [1.29, 1.82) is 0 Å². The zero-order valence-electron chi connectivity index (χ0n) is 24.8. The normalized spacial score (nSPS) is 15.5. The van der Waals surface area contributed by atoms with Crippen LogP contribution in [0.2, 0.25) is 10.0 Å². The Kier molecular flexibility index (Phi) is 11.3. The smallest absolute Gasteiger partial charge is 0.407 e. The number of ether oxygens (including phenoxy) is 2. The third-order valence-electron chi connectivity index (χ3n) is 6.31. The molecule has 0 saturated carbocycles. The van der Waals surface area contributed by atoms with Crippen LogP contribution < -0.4 is 10.6 Å². The Morgan fingerprint density at radius 2 is 1.69 bits per heavy atom. The maximum atomic E-state index is 13.2. The Morgan fingerprint density at radius 3 is 2.31 bits per heavy atom. The summed E-state index contributed by atoms with van der Waals surface area (Å²) in [7, 11) is 0. The first kappa shape index (κ1) is 33.7. The number of hydrogen-bond acceptors (Lipinski definition) is 7. The van der Waals surface area contributed by atoms with Gasteiger partial charge in [0.05, 0.1) is 27.1 Å². The minimum absolute atomic E-state index is 0.0914. The van der Waals surface area contributed by atoms with Gasteiger partial charge in [0.25, 0.3) is 0 Å². The van der Waals surface area contributed by atoms with Crippen LogP contribution in [0.5, 0.6) is 0 Å². The molecule has 12 heteroatoms. The molecule has 1 atom stereocenters. The number of carbonyl (C=O) groups excluding carboxylic acids is 4. The molecular formula is C30H39Cl2N3O6S. The number of nitrogens with one attached hydrogen (secondary N) is 2. The maximum absolute atomic E-state index is 13.2. The second kappa shape index (κ2) is 14.1. The van der Waals surface area contributed by atoms with E-state index in [0.29, 0.717) is 41.5 Å². The van der Waals surface area contributed by atoms with E-state index in [1.54, 1.807) is 52.5 Å². The van der Waals surface area contributed by atoms with Gasteiger partial charge < -0.3 is 25.0 Å². The summed E-state index contributed by atoms with van der Waals surface area (Å²) >= 11 is 14.3. The van der Waals surface area contributed by atoms with E-state index < -0.39 is 29.2 Å². The van der Waals surface area contributed by atoms with E-state index >= 15 is 0 Å². The monoisotopic (exact) mass is 639 g/mol. The van der Waals surface area contributed by atoms with Gasteiger partial charge in [-0.3, -0.25) is 14.4 Å². The summed E-state index contributed by atoms with van der Waals surface area (Å²) < 4.78 is 11.6. The summed E-state index contributed by atoms with van der Waals surface area (Å²) in [6, 6.07) is 3.66. The Hall–Kier alpha value is -2.82. The summed E-state index contributed by atoms with van der Waals surface area (Å²) in [5.41, 5.74) is -0.748. The second-order valence-electron chi connectivity index (χ2n) is 12.2. The molecule has 1 unspecified atom stereocenters. The standard InChI is InChI=1S/C30H39Cl2N3O6S/c1-29(2,3)40-23(37)16-20(17-33-28(39)41-30(4,5)6)27(38)34-21-9-12-35(13-10-21)22(36)8-7-18-15-19-11-14-42-26(19)25(32)24(18)31/h7-8,11,14-15,20-21H,9-10,12-13,16-17H2,1-6H3,(H,33,39)(H,34,38)/b8-7+. The number of piperidine rings is 1. The fourth-order valence-corrected chi connectivity index (χ4v) is 5.82. The van der Waals surface area contributed by atoms with Crippen LogP contribution in [0.15, 0.2) is 23.6 Å². The van der Waals surface area contributed by atoms with Crippen molar-refractivity contribution in [3.8, 4) is 0 Å². The minimum atomic E-state index is -0.855. The number of alkyl carbamates (subject to hydrolysis) is 1. The molecule has 2 heterocycles. The molecule has 1 saturated heterocycles. The Labute approximate surface area is 260 Å². The lowest BCUT2D eigenvalue weighted by molar-refractivity contribution is -0.157. The first-order chi connectivity index (χ1) is 19.5. The Balaban J connectivity index is 1.56. The number of likely N-dealkylation sites (tertiary alicyclic amines) is 1. The Bertz CT molecular complexity index is 1340. The van der Waals surface area contributed by atoms with Crippen LogP contribution >= 0.6 is 34.5 Å². The van der Waals surface area contributed by atoms with Crippen molar-refractivity contribution >= 4 is 74.6 Å². The van der Waals surface area contributed by atoms with Crippen molar-refractivity contribution in [3.05, 3.63) is 39.2 Å². The number of thiophene rings is 1. The van der Waals surface area contributed by atoms with Crippen molar-refractivity contribution < 1.29 is 28.7 Å². The molecule has 0 radical (unpaired) electrons. The predicted molar refractivity (Wildman–Crippen MR) is 167 cm³/mol. The third-order valence-corrected chi connectivity index (χ3v) is 8.25. The lowest BCUT2D eigenvalue weighted by Crippen LogP contribution is -2.49. The van der Waals surface area contributed by atoms with E-state index in [4.69, 9.17) is 32.7 Å². The third kappa shape index (κ3) is 10.2. The van der Waals surface area contributed by atoms with E-state index in [1.807, 2.05) is 17.5 Å². The second-order valence-corrected chi connectivity index (χ2v) is 13.9. The molecule has 1 aliphatic rings. The van der Waals surface area contributed by atoms with E-state index in [-0.39, 0.29) is 30.8 Å². The van der Waals surface area contributed by atoms with Crippen LogP contribution in [0.3, 0.4) is 0 Å². The fourth-order valence-electron chi connectivity index (χ4n) is 4.38. The average molecular weight is 641 g/mol. The number of carbonyl (C=O) groups is 4. The molecule has 1 aromatic carbocycles. The molecule has 3 rings (SSSR count). The van der Waals surface area contributed by atoms with Gasteiger partial charge in [-0.2, -0.15) is 0 Å². The molecule has 0 aliphatic carbocycles. The highest BCUT2D eigenvalue weighted by molar-refractivity contribution is 7.18. The van der Waals surface area contributed by atoms with Crippen molar-refractivity contribution in [3.63, 3.8) is 0 Å². The van der Waals surface area contributed by atoms with Gasteiger partial charge in [-0.15, -0.1) is 11.3 Å². The molecular weight excluding hydrogens is 601 g/mol. The van der Waals surface area contributed by atoms with Crippen molar-refractivity contribution in [2.75, 3.05) is 19.6 Å². The van der Waals surface area contributed by atoms with Crippen LogP contribution in [-0.4, -0.2) is 65.7 Å². The zero-order valence-corrected chi connectivity index (χ0v) is 27.2. The fraction of sp³-hybridized carbons (Fsp3) is 0.533. The van der Waals surface area contributed by atoms with Crippen LogP contribution in [0.25, 0.3) is 16.2 Å². The summed E-state index contributed by atoms with van der Waals surface area (Å²) in [5.74, 6) is -1.94. The van der Waals surface area contributed by atoms with Gasteiger partial charge in [-0.1, -0.05) is 23.2 Å². The largest absolute Gasteiger partial charge is 0.460 e. The van der Waals surface area contributed by atoms with E-state index in [1.165, 1.54) is 17.4 Å². The lowest BCUT2D eigenvalue weighted by atomic mass is 10.0. The van der Waals surface area contributed by atoms with Gasteiger partial charge in [0, 0.05) is 31.8 Å². The van der Waals surface area contributed by atoms with Gasteiger partial charge in [-0.05, 0) is 88.9 Å². The molecule has 1 fully saturated rings. The van der Waals surface area contributed by atoms with Crippen molar-refractivity contribution in [2.45, 2.75) is 78.0 Å². The first-order valence-corrected chi connectivity index (χ1v) is 15.5. The van der Waals surface area contributed by atoms with Crippen molar-refractivity contribution in [1.82, 2.24) is 15.5 Å². The molecule has 1 aromatic heterocycles. The molecule has 2 aromatic rings. The van der Waals surface area contributed by atoms with Gasteiger partial charge >= 0.3 is 12.1 Å². The first-order valence-electron chi connectivity index (χ1n) is 13.8. The summed E-state index contributed by atoms with van der Waals surface area (Å²) in [6.45, 7) is 11.2. The predicted octanol–water partition coefficient (Wildman–Crippen LogP) is 6.20. The maximum Gasteiger partial charge on any atom is 0.407 e. The summed E-state index contributed by atoms with van der Waals surface area (Å²) in [5, 5.41) is 9.33.